The first-order valence-corrected chi connectivity index (χ1v) is 8.41. The molecule has 0 N–H and O–H groups in total. The van der Waals surface area contributed by atoms with Crippen LogP contribution in [-0.4, -0.2) is 12.5 Å². The molecule has 0 bridgehead atoms. The quantitative estimate of drug-likeness (QED) is 0.668. The van der Waals surface area contributed by atoms with Gasteiger partial charge in [0, 0.05) is 16.7 Å². The van der Waals surface area contributed by atoms with Crippen molar-refractivity contribution in [1.82, 2.24) is 0 Å². The third kappa shape index (κ3) is 2.51. The van der Waals surface area contributed by atoms with Gasteiger partial charge < -0.3 is 4.90 Å². The Morgan fingerprint density at radius 2 is 2.05 bits per heavy atom. The van der Waals surface area contributed by atoms with Gasteiger partial charge in [-0.2, -0.15) is 0 Å². The molecule has 2 heterocycles. The molecule has 0 saturated heterocycles. The fourth-order valence-electron chi connectivity index (χ4n) is 2.33. The fraction of sp³-hybridized carbons (Fsp3) is 0.214. The molecule has 0 radical (unpaired) electrons. The molecule has 1 aliphatic rings. The summed E-state index contributed by atoms with van der Waals surface area (Å²) in [6, 6.07) is 10.0. The number of thiophene rings is 1. The average Bonchev–Trinajstić information content (AvgIpc) is 2.77. The highest BCUT2D eigenvalue weighted by Crippen LogP contribution is 2.35. The molecule has 0 atom stereocenters. The van der Waals surface area contributed by atoms with E-state index in [2.05, 4.69) is 37.9 Å². The molecule has 0 aliphatic carbocycles. The predicted molar refractivity (Wildman–Crippen MR) is 86.2 cm³/mol. The lowest BCUT2D eigenvalue weighted by molar-refractivity contribution is 0.0989. The van der Waals surface area contributed by atoms with Crippen molar-refractivity contribution in [3.8, 4) is 0 Å². The summed E-state index contributed by atoms with van der Waals surface area (Å²) in [5, 5.41) is 0. The Labute approximate surface area is 132 Å². The minimum absolute atomic E-state index is 0.0866. The minimum Gasteiger partial charge on any atom is -0.307 e. The van der Waals surface area contributed by atoms with Crippen molar-refractivity contribution in [2.45, 2.75) is 12.8 Å². The minimum atomic E-state index is 0.0866. The van der Waals surface area contributed by atoms with Gasteiger partial charge in [-0.1, -0.05) is 18.2 Å². The number of hydrogen-bond acceptors (Lipinski definition) is 2. The number of aryl methyl sites for hydroxylation is 1. The maximum Gasteiger partial charge on any atom is 0.268 e. The highest BCUT2D eigenvalue weighted by molar-refractivity contribution is 9.13. The molecule has 2 aromatic rings. The first-order valence-electron chi connectivity index (χ1n) is 6.01. The van der Waals surface area contributed by atoms with E-state index in [1.54, 1.807) is 0 Å². The number of para-hydroxylation sites is 1. The molecule has 1 aromatic carbocycles. The van der Waals surface area contributed by atoms with Crippen LogP contribution in [-0.2, 0) is 6.42 Å². The van der Waals surface area contributed by atoms with Crippen LogP contribution in [0.2, 0.25) is 0 Å². The lowest BCUT2D eigenvalue weighted by Crippen LogP contribution is -2.34. The second kappa shape index (κ2) is 5.38. The summed E-state index contributed by atoms with van der Waals surface area (Å²) < 4.78 is 1.90. The smallest absolute Gasteiger partial charge is 0.268 e. The number of hydrogen-bond donors (Lipinski definition) is 0. The van der Waals surface area contributed by atoms with Crippen LogP contribution in [0.1, 0.15) is 21.7 Å². The number of benzene rings is 1. The maximum atomic E-state index is 12.6. The van der Waals surface area contributed by atoms with Crippen LogP contribution in [0.4, 0.5) is 5.69 Å². The summed E-state index contributed by atoms with van der Waals surface area (Å²) in [5.74, 6) is 0.0866. The molecule has 2 nitrogen and oxygen atoms in total. The first kappa shape index (κ1) is 13.3. The maximum absolute atomic E-state index is 12.6. The normalized spacial score (nSPS) is 14.3. The van der Waals surface area contributed by atoms with E-state index in [1.807, 2.05) is 29.2 Å². The number of carbonyl (C=O) groups excluding carboxylic acids is 1. The van der Waals surface area contributed by atoms with Gasteiger partial charge in [0.1, 0.15) is 0 Å². The topological polar surface area (TPSA) is 20.3 Å². The first-order chi connectivity index (χ1) is 9.16. The lowest BCUT2D eigenvalue weighted by Gasteiger charge is -2.29. The number of halogens is 2. The van der Waals surface area contributed by atoms with Crippen LogP contribution in [0.3, 0.4) is 0 Å². The van der Waals surface area contributed by atoms with Crippen molar-refractivity contribution >= 4 is 54.8 Å². The Kier molecular flexibility index (Phi) is 3.78. The van der Waals surface area contributed by atoms with Crippen molar-refractivity contribution in [3.63, 3.8) is 0 Å². The van der Waals surface area contributed by atoms with E-state index in [4.69, 9.17) is 0 Å². The number of nitrogens with zero attached hydrogens (tertiary/aromatic N) is 1. The summed E-state index contributed by atoms with van der Waals surface area (Å²) >= 11 is 8.34. The highest BCUT2D eigenvalue weighted by Gasteiger charge is 2.24. The van der Waals surface area contributed by atoms with E-state index in [0.717, 1.165) is 38.2 Å². The highest BCUT2D eigenvalue weighted by atomic mass is 79.9. The average molecular weight is 401 g/mol. The number of carbonyl (C=O) groups is 1. The molecule has 19 heavy (non-hydrogen) atoms. The molecule has 1 aliphatic heterocycles. The van der Waals surface area contributed by atoms with Crippen molar-refractivity contribution < 1.29 is 4.79 Å². The van der Waals surface area contributed by atoms with Gasteiger partial charge >= 0.3 is 0 Å². The van der Waals surface area contributed by atoms with Crippen molar-refractivity contribution in [2.24, 2.45) is 0 Å². The molecule has 1 aromatic heterocycles. The number of anilines is 1. The van der Waals surface area contributed by atoms with Gasteiger partial charge in [0.25, 0.3) is 5.91 Å². The standard InChI is InChI=1S/C14H11Br2NOS/c15-10-8-12(19-13(10)16)14(18)17-7-3-5-9-4-1-2-6-11(9)17/h1-2,4,6,8H,3,5,7H2. The number of rotatable bonds is 1. The lowest BCUT2D eigenvalue weighted by atomic mass is 10.0. The van der Waals surface area contributed by atoms with Crippen molar-refractivity contribution in [2.75, 3.05) is 11.4 Å². The third-order valence-electron chi connectivity index (χ3n) is 3.21. The van der Waals surface area contributed by atoms with E-state index in [-0.39, 0.29) is 5.91 Å². The summed E-state index contributed by atoms with van der Waals surface area (Å²) in [4.78, 5) is 15.3. The van der Waals surface area contributed by atoms with Gasteiger partial charge in [-0.25, -0.2) is 0 Å². The van der Waals surface area contributed by atoms with E-state index < -0.39 is 0 Å². The Hall–Kier alpha value is -0.650. The van der Waals surface area contributed by atoms with Crippen LogP contribution < -0.4 is 4.90 Å². The number of amides is 1. The summed E-state index contributed by atoms with van der Waals surface area (Å²) in [7, 11) is 0. The zero-order valence-corrected chi connectivity index (χ0v) is 14.0. The van der Waals surface area contributed by atoms with Crippen LogP contribution in [0.15, 0.2) is 38.6 Å². The van der Waals surface area contributed by atoms with E-state index in [9.17, 15) is 4.79 Å². The second-order valence-corrected chi connectivity index (χ2v) is 7.65. The van der Waals surface area contributed by atoms with Gasteiger partial charge in [0.2, 0.25) is 0 Å². The van der Waals surface area contributed by atoms with Gasteiger partial charge in [-0.3, -0.25) is 4.79 Å². The van der Waals surface area contributed by atoms with Gasteiger partial charge in [0.15, 0.2) is 0 Å². The van der Waals surface area contributed by atoms with Crippen molar-refractivity contribution in [3.05, 3.63) is 49.0 Å². The molecular formula is C14H11Br2NOS. The zero-order chi connectivity index (χ0) is 13.4. The van der Waals surface area contributed by atoms with Crippen LogP contribution in [0.25, 0.3) is 0 Å². The summed E-state index contributed by atoms with van der Waals surface area (Å²) in [6.07, 6.45) is 2.08. The molecule has 0 fully saturated rings. The van der Waals surface area contributed by atoms with E-state index in [1.165, 1.54) is 16.9 Å². The molecule has 1 amide bonds. The van der Waals surface area contributed by atoms with Gasteiger partial charge in [-0.05, 0) is 62.4 Å². The molecule has 0 saturated carbocycles. The summed E-state index contributed by atoms with van der Waals surface area (Å²) in [5.41, 5.74) is 2.32. The monoisotopic (exact) mass is 399 g/mol. The molecule has 0 spiro atoms. The zero-order valence-electron chi connectivity index (χ0n) is 10.0. The molecule has 3 rings (SSSR count). The molecule has 5 heteroatoms. The van der Waals surface area contributed by atoms with E-state index in [0.29, 0.717) is 0 Å². The third-order valence-corrected chi connectivity index (χ3v) is 6.46. The predicted octanol–water partition coefficient (Wildman–Crippen LogP) is 4.87. The van der Waals surface area contributed by atoms with E-state index >= 15 is 0 Å². The Balaban J connectivity index is 1.97. The van der Waals surface area contributed by atoms with Crippen LogP contribution >= 0.6 is 43.2 Å². The largest absolute Gasteiger partial charge is 0.307 e. The Morgan fingerprint density at radius 3 is 2.79 bits per heavy atom. The van der Waals surface area contributed by atoms with Gasteiger partial charge in [-0.15, -0.1) is 11.3 Å². The Morgan fingerprint density at radius 1 is 1.26 bits per heavy atom. The summed E-state index contributed by atoms with van der Waals surface area (Å²) in [6.45, 7) is 0.795. The molecule has 0 unspecified atom stereocenters. The molecule has 98 valence electrons. The fourth-order valence-corrected chi connectivity index (χ4v) is 4.31. The Bertz CT molecular complexity index is 619. The van der Waals surface area contributed by atoms with Crippen molar-refractivity contribution in [1.29, 1.82) is 0 Å². The SMILES string of the molecule is O=C(c1cc(Br)c(Br)s1)N1CCCc2ccccc21. The number of fused-ring (bicyclic) bond motifs is 1. The van der Waals surface area contributed by atoms with Crippen LogP contribution in [0, 0.1) is 0 Å². The van der Waals surface area contributed by atoms with Crippen LogP contribution in [0.5, 0.6) is 0 Å². The molecular weight excluding hydrogens is 390 g/mol. The van der Waals surface area contributed by atoms with Gasteiger partial charge in [0.05, 0.1) is 8.66 Å². The second-order valence-electron chi connectivity index (χ2n) is 4.42.